The van der Waals surface area contributed by atoms with E-state index in [9.17, 15) is 18.0 Å². The summed E-state index contributed by atoms with van der Waals surface area (Å²) < 4.78 is 26.9. The van der Waals surface area contributed by atoms with Gasteiger partial charge < -0.3 is 10.2 Å². The number of nitrogens with zero attached hydrogens (tertiary/aromatic N) is 2. The number of hydrogen-bond donors (Lipinski definition) is 1. The molecule has 1 atom stereocenters. The number of nitrogens with one attached hydrogen (secondary N) is 1. The van der Waals surface area contributed by atoms with E-state index < -0.39 is 28.5 Å². The average Bonchev–Trinajstić information content (AvgIpc) is 2.89. The third-order valence-corrected chi connectivity index (χ3v) is 7.94. The summed E-state index contributed by atoms with van der Waals surface area (Å²) in [4.78, 5) is 29.2. The van der Waals surface area contributed by atoms with E-state index in [0.29, 0.717) is 27.8 Å². The Kier molecular flexibility index (Phi) is 11.0. The minimum atomic E-state index is -3.86. The SMILES string of the molecule is Cc1cc(Cl)ccc1N(CC(=O)N(Cc1ccc(Cl)cc1)[C@H](Cc1ccccc1)C(=O)NCC(C)C)S(C)(=O)=O. The molecule has 0 saturated carbocycles. The van der Waals surface area contributed by atoms with E-state index in [1.807, 2.05) is 44.2 Å². The fourth-order valence-corrected chi connectivity index (χ4v) is 5.52. The van der Waals surface area contributed by atoms with E-state index in [-0.39, 0.29) is 24.8 Å². The van der Waals surface area contributed by atoms with Gasteiger partial charge in [-0.3, -0.25) is 13.9 Å². The first-order valence-electron chi connectivity index (χ1n) is 12.9. The Balaban J connectivity index is 2.06. The van der Waals surface area contributed by atoms with Gasteiger partial charge in [0.2, 0.25) is 21.8 Å². The maximum absolute atomic E-state index is 14.1. The Morgan fingerprint density at radius 3 is 2.10 bits per heavy atom. The minimum absolute atomic E-state index is 0.0831. The molecule has 0 aliphatic rings. The molecule has 0 heterocycles. The molecule has 7 nitrogen and oxygen atoms in total. The summed E-state index contributed by atoms with van der Waals surface area (Å²) in [5, 5.41) is 3.96. The third-order valence-electron chi connectivity index (χ3n) is 6.33. The van der Waals surface area contributed by atoms with Crippen molar-refractivity contribution in [1.29, 1.82) is 0 Å². The van der Waals surface area contributed by atoms with Crippen LogP contribution in [0.25, 0.3) is 0 Å². The molecule has 0 aromatic heterocycles. The zero-order valence-corrected chi connectivity index (χ0v) is 25.4. The molecule has 0 spiro atoms. The summed E-state index contributed by atoms with van der Waals surface area (Å²) in [5.74, 6) is -0.626. The first kappa shape index (κ1) is 31.5. The molecule has 0 aliphatic heterocycles. The van der Waals surface area contributed by atoms with Crippen molar-refractivity contribution in [2.45, 2.75) is 39.8 Å². The van der Waals surface area contributed by atoms with E-state index in [1.165, 1.54) is 4.90 Å². The Morgan fingerprint density at radius 2 is 1.52 bits per heavy atom. The van der Waals surface area contributed by atoms with Crippen molar-refractivity contribution in [2.75, 3.05) is 23.7 Å². The lowest BCUT2D eigenvalue weighted by atomic mass is 10.0. The Labute approximate surface area is 247 Å². The molecule has 0 unspecified atom stereocenters. The van der Waals surface area contributed by atoms with Crippen molar-refractivity contribution in [1.82, 2.24) is 10.2 Å². The molecule has 3 rings (SSSR count). The fraction of sp³-hybridized carbons (Fsp3) is 0.333. The van der Waals surface area contributed by atoms with Gasteiger partial charge in [-0.2, -0.15) is 0 Å². The van der Waals surface area contributed by atoms with Gasteiger partial charge in [0, 0.05) is 29.6 Å². The van der Waals surface area contributed by atoms with Gasteiger partial charge in [0.05, 0.1) is 11.9 Å². The second-order valence-electron chi connectivity index (χ2n) is 10.2. The van der Waals surface area contributed by atoms with E-state index >= 15 is 0 Å². The van der Waals surface area contributed by atoms with Crippen LogP contribution in [-0.4, -0.2) is 50.5 Å². The average molecular weight is 605 g/mol. The number of anilines is 1. The van der Waals surface area contributed by atoms with Crippen molar-refractivity contribution >= 4 is 50.7 Å². The van der Waals surface area contributed by atoms with Gasteiger partial charge in [-0.15, -0.1) is 0 Å². The number of rotatable bonds is 12. The van der Waals surface area contributed by atoms with Gasteiger partial charge >= 0.3 is 0 Å². The van der Waals surface area contributed by atoms with Crippen LogP contribution in [0.2, 0.25) is 10.0 Å². The first-order chi connectivity index (χ1) is 18.8. The second kappa shape index (κ2) is 14.0. The highest BCUT2D eigenvalue weighted by molar-refractivity contribution is 7.92. The molecule has 1 N–H and O–H groups in total. The molecule has 0 radical (unpaired) electrons. The van der Waals surface area contributed by atoms with Crippen molar-refractivity contribution in [3.05, 3.63) is 99.5 Å². The molecule has 3 aromatic carbocycles. The van der Waals surface area contributed by atoms with Gasteiger partial charge in [-0.25, -0.2) is 8.42 Å². The summed E-state index contributed by atoms with van der Waals surface area (Å²) in [7, 11) is -3.86. The number of carbonyl (C=O) groups excluding carboxylic acids is 2. The van der Waals surface area contributed by atoms with Crippen molar-refractivity contribution in [3.63, 3.8) is 0 Å². The molecule has 2 amide bonds. The number of benzene rings is 3. The summed E-state index contributed by atoms with van der Waals surface area (Å²) in [6.07, 6.45) is 1.30. The van der Waals surface area contributed by atoms with Crippen LogP contribution in [0.1, 0.15) is 30.5 Å². The summed E-state index contributed by atoms with van der Waals surface area (Å²) in [5.41, 5.74) is 2.57. The Bertz CT molecular complexity index is 1410. The van der Waals surface area contributed by atoms with E-state index in [1.54, 1.807) is 49.4 Å². The number of aryl methyl sites for hydroxylation is 1. The maximum atomic E-state index is 14.1. The molecule has 214 valence electrons. The van der Waals surface area contributed by atoms with Crippen LogP contribution in [0.5, 0.6) is 0 Å². The highest BCUT2D eigenvalue weighted by atomic mass is 35.5. The summed E-state index contributed by atoms with van der Waals surface area (Å²) in [6.45, 7) is 5.74. The number of sulfonamides is 1. The minimum Gasteiger partial charge on any atom is -0.354 e. The van der Waals surface area contributed by atoms with E-state index in [4.69, 9.17) is 23.2 Å². The van der Waals surface area contributed by atoms with Crippen LogP contribution in [0.3, 0.4) is 0 Å². The van der Waals surface area contributed by atoms with Crippen LogP contribution in [0.4, 0.5) is 5.69 Å². The van der Waals surface area contributed by atoms with Crippen LogP contribution in [-0.2, 0) is 32.6 Å². The quantitative estimate of drug-likeness (QED) is 0.297. The third kappa shape index (κ3) is 8.98. The molecule has 0 bridgehead atoms. The van der Waals surface area contributed by atoms with Crippen LogP contribution >= 0.6 is 23.2 Å². The van der Waals surface area contributed by atoms with Crippen LogP contribution in [0.15, 0.2) is 72.8 Å². The largest absolute Gasteiger partial charge is 0.354 e. The van der Waals surface area contributed by atoms with E-state index in [2.05, 4.69) is 5.32 Å². The number of carbonyl (C=O) groups is 2. The lowest BCUT2D eigenvalue weighted by molar-refractivity contribution is -0.140. The zero-order valence-electron chi connectivity index (χ0n) is 23.1. The summed E-state index contributed by atoms with van der Waals surface area (Å²) >= 11 is 12.2. The lowest BCUT2D eigenvalue weighted by Crippen LogP contribution is -2.53. The predicted molar refractivity (Wildman–Crippen MR) is 162 cm³/mol. The Hall–Kier alpha value is -3.07. The standard InChI is InChI=1S/C30H35Cl2N3O4S/c1-21(2)18-33-30(37)28(17-23-8-6-5-7-9-23)34(19-24-10-12-25(31)13-11-24)29(36)20-35(40(4,38)39)27-15-14-26(32)16-22(27)3/h5-16,21,28H,17-20H2,1-4H3,(H,33,37)/t28-/m1/s1. The maximum Gasteiger partial charge on any atom is 0.244 e. The second-order valence-corrected chi connectivity index (χ2v) is 13.0. The molecule has 40 heavy (non-hydrogen) atoms. The normalized spacial score (nSPS) is 12.2. The first-order valence-corrected chi connectivity index (χ1v) is 15.5. The van der Waals surface area contributed by atoms with Gasteiger partial charge in [-0.1, -0.05) is 79.5 Å². The van der Waals surface area contributed by atoms with Gasteiger partial charge in [0.15, 0.2) is 0 Å². The fourth-order valence-electron chi connectivity index (χ4n) is 4.26. The monoisotopic (exact) mass is 603 g/mol. The highest BCUT2D eigenvalue weighted by Crippen LogP contribution is 2.26. The molecule has 0 aliphatic carbocycles. The molecular formula is C30H35Cl2N3O4S. The van der Waals surface area contributed by atoms with Gasteiger partial charge in [0.25, 0.3) is 0 Å². The van der Waals surface area contributed by atoms with E-state index in [0.717, 1.165) is 21.7 Å². The smallest absolute Gasteiger partial charge is 0.244 e. The van der Waals surface area contributed by atoms with Gasteiger partial charge in [0.1, 0.15) is 12.6 Å². The molecule has 0 fully saturated rings. The predicted octanol–water partition coefficient (Wildman–Crippen LogP) is 5.48. The summed E-state index contributed by atoms with van der Waals surface area (Å²) in [6, 6.07) is 20.3. The van der Waals surface area contributed by atoms with Crippen molar-refractivity contribution in [2.24, 2.45) is 5.92 Å². The van der Waals surface area contributed by atoms with Crippen molar-refractivity contribution < 1.29 is 18.0 Å². The number of amides is 2. The number of halogens is 2. The highest BCUT2D eigenvalue weighted by Gasteiger charge is 2.33. The lowest BCUT2D eigenvalue weighted by Gasteiger charge is -2.34. The molecule has 10 heteroatoms. The van der Waals surface area contributed by atoms with Crippen LogP contribution in [0, 0.1) is 12.8 Å². The Morgan fingerprint density at radius 1 is 0.900 bits per heavy atom. The molecule has 3 aromatic rings. The van der Waals surface area contributed by atoms with Gasteiger partial charge in [-0.05, 0) is 59.9 Å². The topological polar surface area (TPSA) is 86.8 Å². The molecule has 0 saturated heterocycles. The molecular weight excluding hydrogens is 569 g/mol. The van der Waals surface area contributed by atoms with Crippen molar-refractivity contribution in [3.8, 4) is 0 Å². The van der Waals surface area contributed by atoms with Crippen LogP contribution < -0.4 is 9.62 Å². The zero-order chi connectivity index (χ0) is 29.4. The number of hydrogen-bond acceptors (Lipinski definition) is 4.